The second-order valence-electron chi connectivity index (χ2n) is 2.19. The molecule has 0 aromatic heterocycles. The molecule has 0 N–H and O–H groups in total. The Morgan fingerprint density at radius 3 is 2.45 bits per heavy atom. The van der Waals surface area contributed by atoms with Gasteiger partial charge in [0.2, 0.25) is 0 Å². The second kappa shape index (κ2) is 6.37. The van der Waals surface area contributed by atoms with E-state index in [0.29, 0.717) is 6.42 Å². The predicted molar refractivity (Wildman–Crippen MR) is 48.8 cm³/mol. The molecule has 0 fully saturated rings. The minimum Gasteiger partial charge on any atom is -1.00 e. The van der Waals surface area contributed by atoms with Crippen molar-refractivity contribution in [2.24, 2.45) is 0 Å². The molecular weight excluding hydrogens is 148 g/mol. The number of rotatable bonds is 3. The summed E-state index contributed by atoms with van der Waals surface area (Å²) >= 11 is 0. The first-order chi connectivity index (χ1) is 4.93. The fourth-order valence-electron chi connectivity index (χ4n) is 0.870. The van der Waals surface area contributed by atoms with Gasteiger partial charge in [0.15, 0.2) is 0 Å². The SMILES string of the molecule is O=CCCc1ccccc1.[H-].[H-].[Mg+2]. The van der Waals surface area contributed by atoms with Crippen molar-refractivity contribution in [2.75, 3.05) is 0 Å². The van der Waals surface area contributed by atoms with Crippen LogP contribution in [0.25, 0.3) is 0 Å². The molecule has 0 saturated carbocycles. The van der Waals surface area contributed by atoms with Crippen molar-refractivity contribution < 1.29 is 7.65 Å². The first-order valence-electron chi connectivity index (χ1n) is 3.41. The average Bonchev–Trinajstić information content (AvgIpc) is 2.03. The van der Waals surface area contributed by atoms with E-state index in [9.17, 15) is 4.79 Å². The van der Waals surface area contributed by atoms with Crippen LogP contribution in [0.4, 0.5) is 0 Å². The van der Waals surface area contributed by atoms with Crippen molar-refractivity contribution in [1.82, 2.24) is 0 Å². The van der Waals surface area contributed by atoms with Crippen LogP contribution < -0.4 is 0 Å². The van der Waals surface area contributed by atoms with Crippen molar-refractivity contribution in [3.63, 3.8) is 0 Å². The summed E-state index contributed by atoms with van der Waals surface area (Å²) in [5.74, 6) is 0. The van der Waals surface area contributed by atoms with Gasteiger partial charge in [-0.25, -0.2) is 0 Å². The van der Waals surface area contributed by atoms with Crippen LogP contribution in [-0.2, 0) is 11.2 Å². The zero-order valence-corrected chi connectivity index (χ0v) is 7.91. The molecule has 0 saturated heterocycles. The van der Waals surface area contributed by atoms with Crippen molar-refractivity contribution in [3.05, 3.63) is 35.9 Å². The number of carbonyl (C=O) groups excluding carboxylic acids is 1. The maximum absolute atomic E-state index is 9.98. The number of hydrogen-bond acceptors (Lipinski definition) is 1. The monoisotopic (exact) mass is 160 g/mol. The van der Waals surface area contributed by atoms with Crippen LogP contribution in [-0.4, -0.2) is 29.3 Å². The molecule has 0 bridgehead atoms. The smallest absolute Gasteiger partial charge is 1.00 e. The Balaban J connectivity index is -0.000000333. The van der Waals surface area contributed by atoms with Crippen LogP contribution in [0.15, 0.2) is 30.3 Å². The van der Waals surface area contributed by atoms with Gasteiger partial charge in [-0.05, 0) is 12.0 Å². The second-order valence-corrected chi connectivity index (χ2v) is 2.19. The molecule has 0 aliphatic heterocycles. The van der Waals surface area contributed by atoms with Crippen molar-refractivity contribution in [3.8, 4) is 0 Å². The molecule has 0 heterocycles. The molecule has 1 rings (SSSR count). The number of aryl methyl sites for hydroxylation is 1. The third-order valence-electron chi connectivity index (χ3n) is 1.39. The zero-order valence-electron chi connectivity index (χ0n) is 8.49. The van der Waals surface area contributed by atoms with E-state index >= 15 is 0 Å². The molecule has 0 aliphatic carbocycles. The van der Waals surface area contributed by atoms with E-state index in [4.69, 9.17) is 0 Å². The summed E-state index contributed by atoms with van der Waals surface area (Å²) in [6.07, 6.45) is 2.45. The third kappa shape index (κ3) is 4.17. The number of aldehydes is 1. The molecule has 1 aromatic rings. The van der Waals surface area contributed by atoms with Gasteiger partial charge < -0.3 is 7.65 Å². The Kier molecular flexibility index (Phi) is 6.17. The fourth-order valence-corrected chi connectivity index (χ4v) is 0.870. The summed E-state index contributed by atoms with van der Waals surface area (Å²) in [5, 5.41) is 0. The molecule has 0 spiro atoms. The largest absolute Gasteiger partial charge is 2.00 e. The molecule has 0 aliphatic rings. The molecule has 2 heteroatoms. The molecule has 11 heavy (non-hydrogen) atoms. The summed E-state index contributed by atoms with van der Waals surface area (Å²) in [7, 11) is 0. The molecule has 0 amide bonds. The van der Waals surface area contributed by atoms with E-state index in [2.05, 4.69) is 0 Å². The summed E-state index contributed by atoms with van der Waals surface area (Å²) in [5.41, 5.74) is 1.23. The molecule has 56 valence electrons. The van der Waals surface area contributed by atoms with Gasteiger partial charge in [-0.1, -0.05) is 30.3 Å². The summed E-state index contributed by atoms with van der Waals surface area (Å²) in [6.45, 7) is 0. The Bertz CT molecular complexity index is 204. The summed E-state index contributed by atoms with van der Waals surface area (Å²) < 4.78 is 0. The first kappa shape index (κ1) is 10.7. The molecule has 1 nitrogen and oxygen atoms in total. The minimum absolute atomic E-state index is 0. The van der Waals surface area contributed by atoms with E-state index in [1.54, 1.807) is 0 Å². The van der Waals surface area contributed by atoms with Gasteiger partial charge in [-0.2, -0.15) is 0 Å². The van der Waals surface area contributed by atoms with Crippen LogP contribution in [0, 0.1) is 0 Å². The molecule has 1 aromatic carbocycles. The zero-order chi connectivity index (χ0) is 7.23. The topological polar surface area (TPSA) is 17.1 Å². The molecule has 0 atom stereocenters. The maximum Gasteiger partial charge on any atom is 2.00 e. The average molecular weight is 160 g/mol. The first-order valence-corrected chi connectivity index (χ1v) is 3.41. The predicted octanol–water partition coefficient (Wildman–Crippen LogP) is 1.66. The minimum atomic E-state index is 0. The van der Waals surface area contributed by atoms with Crippen molar-refractivity contribution in [1.29, 1.82) is 0 Å². The van der Waals surface area contributed by atoms with E-state index in [-0.39, 0.29) is 25.9 Å². The molecule has 0 unspecified atom stereocenters. The number of hydrogen-bond donors (Lipinski definition) is 0. The van der Waals surface area contributed by atoms with Gasteiger partial charge in [-0.15, -0.1) is 0 Å². The van der Waals surface area contributed by atoms with Crippen LogP contribution in [0.2, 0.25) is 0 Å². The third-order valence-corrected chi connectivity index (χ3v) is 1.39. The van der Waals surface area contributed by atoms with E-state index in [0.717, 1.165) is 12.7 Å². The quantitative estimate of drug-likeness (QED) is 0.486. The van der Waals surface area contributed by atoms with E-state index < -0.39 is 0 Å². The van der Waals surface area contributed by atoms with Gasteiger partial charge in [0.25, 0.3) is 0 Å². The van der Waals surface area contributed by atoms with Gasteiger partial charge in [-0.3, -0.25) is 0 Å². The van der Waals surface area contributed by atoms with Crippen LogP contribution in [0.5, 0.6) is 0 Å². The van der Waals surface area contributed by atoms with Crippen LogP contribution in [0.1, 0.15) is 14.8 Å². The van der Waals surface area contributed by atoms with Gasteiger partial charge in [0.1, 0.15) is 6.29 Å². The summed E-state index contributed by atoms with van der Waals surface area (Å²) in [6, 6.07) is 10.0. The molecular formula is C9H12MgO. The van der Waals surface area contributed by atoms with Crippen molar-refractivity contribution in [2.45, 2.75) is 12.8 Å². The Labute approximate surface area is 85.9 Å². The Hall–Kier alpha value is -0.344. The van der Waals surface area contributed by atoms with Gasteiger partial charge in [0, 0.05) is 6.42 Å². The maximum atomic E-state index is 9.98. The van der Waals surface area contributed by atoms with E-state index in [1.165, 1.54) is 5.56 Å². The Morgan fingerprint density at radius 1 is 1.27 bits per heavy atom. The van der Waals surface area contributed by atoms with E-state index in [1.807, 2.05) is 30.3 Å². The van der Waals surface area contributed by atoms with Crippen LogP contribution >= 0.6 is 0 Å². The van der Waals surface area contributed by atoms with Gasteiger partial charge >= 0.3 is 23.1 Å². The number of carbonyl (C=O) groups is 1. The standard InChI is InChI=1S/C9H10O.Mg.2H/c10-8-4-7-9-5-2-1-3-6-9;;;/h1-3,5-6,8H,4,7H2;;;/q;+2;2*-1. The van der Waals surface area contributed by atoms with Crippen LogP contribution in [0.3, 0.4) is 0 Å². The number of benzene rings is 1. The summed E-state index contributed by atoms with van der Waals surface area (Å²) in [4.78, 5) is 9.98. The normalized spacial score (nSPS) is 8.36. The van der Waals surface area contributed by atoms with Crippen molar-refractivity contribution >= 4 is 29.3 Å². The fraction of sp³-hybridized carbons (Fsp3) is 0.222. The Morgan fingerprint density at radius 2 is 1.91 bits per heavy atom. The van der Waals surface area contributed by atoms with Gasteiger partial charge in [0.05, 0.1) is 0 Å². The molecule has 0 radical (unpaired) electrons.